The third-order valence-corrected chi connectivity index (χ3v) is 10.2. The Morgan fingerprint density at radius 1 is 0.878 bits per heavy atom. The molecule has 0 saturated heterocycles. The number of aromatic nitrogens is 4. The van der Waals surface area contributed by atoms with Crippen molar-refractivity contribution in [2.24, 2.45) is 23.7 Å². The number of H-pyrrole nitrogens is 2. The molecule has 0 radical (unpaired) electrons. The molecule has 2 aliphatic heterocycles. The summed E-state index contributed by atoms with van der Waals surface area (Å²) < 4.78 is 5.19. The minimum absolute atomic E-state index is 0.0507. The fourth-order valence-electron chi connectivity index (χ4n) is 7.63. The van der Waals surface area contributed by atoms with Gasteiger partial charge in [0.05, 0.1) is 36.4 Å². The zero-order chi connectivity index (χ0) is 29.0. The van der Waals surface area contributed by atoms with Gasteiger partial charge in [-0.2, -0.15) is 5.26 Å². The van der Waals surface area contributed by atoms with Crippen molar-refractivity contribution in [3.63, 3.8) is 0 Å². The van der Waals surface area contributed by atoms with Crippen molar-refractivity contribution in [3.05, 3.63) is 69.3 Å². The smallest absolute Gasteiger partial charge is 0.310 e. The minimum Gasteiger partial charge on any atom is -0.469 e. The van der Waals surface area contributed by atoms with Gasteiger partial charge >= 0.3 is 5.97 Å². The number of rotatable bonds is 1. The van der Waals surface area contributed by atoms with Crippen molar-refractivity contribution in [3.8, 4) is 6.07 Å². The standard InChI is InChI=1S/C34H35N5O2/c1-15-16(2)24-10-25-17(3)18(4)26(38-25)11-27-32-21-9-20(22(14-35)30(21)33(40)41-7)31(32)28(39-27)12-29-34(5,6)13-19(36-29)8-23(15)37-24/h8,10-12,20-22,30,37-38H,9,13H2,1-7H3/t20-,21+,22+,30+/m1/s1. The van der Waals surface area contributed by atoms with E-state index in [4.69, 9.17) is 14.7 Å². The van der Waals surface area contributed by atoms with E-state index in [1.807, 2.05) is 0 Å². The van der Waals surface area contributed by atoms with Gasteiger partial charge in [0.2, 0.25) is 0 Å². The van der Waals surface area contributed by atoms with E-state index >= 15 is 0 Å². The molecule has 7 nitrogen and oxygen atoms in total. The van der Waals surface area contributed by atoms with Gasteiger partial charge in [0.15, 0.2) is 0 Å². The number of carbonyl (C=O) groups is 1. The van der Waals surface area contributed by atoms with Crippen LogP contribution in [0.3, 0.4) is 0 Å². The highest BCUT2D eigenvalue weighted by atomic mass is 16.5. The summed E-state index contributed by atoms with van der Waals surface area (Å²) in [5.41, 5.74) is 14.9. The second-order valence-electron chi connectivity index (χ2n) is 12.9. The molecule has 4 aliphatic rings. The zero-order valence-electron chi connectivity index (χ0n) is 24.7. The number of ether oxygens (including phenoxy) is 1. The summed E-state index contributed by atoms with van der Waals surface area (Å²) in [4.78, 5) is 30.6. The second kappa shape index (κ2) is 8.66. The highest BCUT2D eigenvalue weighted by Crippen LogP contribution is 2.62. The largest absolute Gasteiger partial charge is 0.469 e. The Balaban J connectivity index is 1.58. The van der Waals surface area contributed by atoms with Crippen molar-refractivity contribution in [1.29, 1.82) is 5.26 Å². The van der Waals surface area contributed by atoms with Crippen molar-refractivity contribution in [2.75, 3.05) is 7.11 Å². The predicted molar refractivity (Wildman–Crippen MR) is 160 cm³/mol. The average molecular weight is 546 g/mol. The number of fused-ring (bicyclic) bond motifs is 14. The average Bonchev–Trinajstić information content (AvgIpc) is 3.74. The van der Waals surface area contributed by atoms with Gasteiger partial charge in [-0.3, -0.25) is 9.78 Å². The summed E-state index contributed by atoms with van der Waals surface area (Å²) in [5.74, 6) is -1.34. The molecule has 2 N–H and O–H groups in total. The van der Waals surface area contributed by atoms with Crippen LogP contribution < -0.4 is 0 Å². The fourth-order valence-corrected chi connectivity index (χ4v) is 7.63. The minimum atomic E-state index is -0.473. The molecule has 1 fully saturated rings. The molecule has 208 valence electrons. The van der Waals surface area contributed by atoms with Crippen molar-refractivity contribution >= 4 is 39.2 Å². The maximum Gasteiger partial charge on any atom is 0.310 e. The van der Waals surface area contributed by atoms with Gasteiger partial charge in [-0.15, -0.1) is 0 Å². The van der Waals surface area contributed by atoms with Gasteiger partial charge in [0.1, 0.15) is 0 Å². The summed E-state index contributed by atoms with van der Waals surface area (Å²) in [7, 11) is 1.41. The number of esters is 1. The van der Waals surface area contributed by atoms with Crippen LogP contribution in [-0.2, 0) is 21.4 Å². The van der Waals surface area contributed by atoms with E-state index in [1.54, 1.807) is 0 Å². The van der Waals surface area contributed by atoms with Gasteiger partial charge in [-0.05, 0) is 91.8 Å². The Morgan fingerprint density at radius 3 is 2.05 bits per heavy atom. The summed E-state index contributed by atoms with van der Waals surface area (Å²) in [6, 6.07) is 11.1. The number of hydrogen-bond donors (Lipinski definition) is 2. The maximum absolute atomic E-state index is 12.9. The molecule has 0 spiro atoms. The van der Waals surface area contributed by atoms with Gasteiger partial charge in [0.25, 0.3) is 0 Å². The molecule has 5 heterocycles. The van der Waals surface area contributed by atoms with E-state index in [1.165, 1.54) is 29.4 Å². The van der Waals surface area contributed by atoms with Crippen LogP contribution in [0.2, 0.25) is 0 Å². The lowest BCUT2D eigenvalue weighted by Crippen LogP contribution is -2.30. The lowest BCUT2D eigenvalue weighted by atomic mass is 9.75. The molecule has 0 aromatic carbocycles. The van der Waals surface area contributed by atoms with E-state index in [0.717, 1.165) is 68.8 Å². The Bertz CT molecular complexity index is 1910. The highest BCUT2D eigenvalue weighted by molar-refractivity contribution is 6.00. The third-order valence-electron chi connectivity index (χ3n) is 10.2. The van der Waals surface area contributed by atoms with E-state index < -0.39 is 11.8 Å². The van der Waals surface area contributed by atoms with Crippen LogP contribution in [-0.4, -0.2) is 33.0 Å². The number of aryl methyl sites for hydroxylation is 4. The third kappa shape index (κ3) is 3.59. The number of nitriles is 1. The first-order valence-corrected chi connectivity index (χ1v) is 14.4. The SMILES string of the molecule is COC(=O)[C@@H]1[C@@H](C#N)[C@H]2C[C@@H]1C1=C2c2cc3nc(cc4[nH]c(cc5[nH]c(cc1n2)c(C)c5C)c(C)c4C)CC3(C)C. The van der Waals surface area contributed by atoms with Crippen LogP contribution in [0.25, 0.3) is 33.2 Å². The van der Waals surface area contributed by atoms with Crippen molar-refractivity contribution in [1.82, 2.24) is 19.9 Å². The summed E-state index contributed by atoms with van der Waals surface area (Å²) >= 11 is 0. The summed E-state index contributed by atoms with van der Waals surface area (Å²) in [6.45, 7) is 13.0. The van der Waals surface area contributed by atoms with Crippen LogP contribution >= 0.6 is 0 Å². The van der Waals surface area contributed by atoms with Crippen LogP contribution in [0.4, 0.5) is 0 Å². The summed E-state index contributed by atoms with van der Waals surface area (Å²) in [6.07, 6.45) is 1.59. The Hall–Kier alpha value is -4.18. The Kier molecular flexibility index (Phi) is 5.44. The molecule has 7 heteroatoms. The lowest BCUT2D eigenvalue weighted by molar-refractivity contribution is -0.147. The topological polar surface area (TPSA) is 107 Å². The number of hydrogen-bond acceptors (Lipinski definition) is 5. The number of allylic oxidation sites excluding steroid dienone is 2. The van der Waals surface area contributed by atoms with Crippen molar-refractivity contribution in [2.45, 2.75) is 59.8 Å². The van der Waals surface area contributed by atoms with E-state index in [9.17, 15) is 10.1 Å². The Labute approximate surface area is 239 Å². The number of nitrogens with one attached hydrogen (secondary N) is 2. The normalized spacial score (nSPS) is 24.0. The molecular formula is C34H35N5O2. The first-order valence-electron chi connectivity index (χ1n) is 14.4. The molecule has 0 amide bonds. The molecule has 1 saturated carbocycles. The number of methoxy groups -OCH3 is 1. The molecule has 2 aliphatic carbocycles. The zero-order valence-corrected chi connectivity index (χ0v) is 24.7. The number of carbonyl (C=O) groups excluding carboxylic acids is 1. The maximum atomic E-state index is 12.9. The molecular weight excluding hydrogens is 510 g/mol. The summed E-state index contributed by atoms with van der Waals surface area (Å²) in [5, 5.41) is 10.2. The van der Waals surface area contributed by atoms with Crippen LogP contribution in [0.5, 0.6) is 0 Å². The molecule has 3 aromatic heterocycles. The second-order valence-corrected chi connectivity index (χ2v) is 12.9. The lowest BCUT2D eigenvalue weighted by Gasteiger charge is -2.26. The van der Waals surface area contributed by atoms with Gasteiger partial charge in [-0.25, -0.2) is 4.98 Å². The van der Waals surface area contributed by atoms with E-state index in [2.05, 4.69) is 81.8 Å². The molecule has 41 heavy (non-hydrogen) atoms. The molecule has 3 aromatic rings. The number of nitrogens with zero attached hydrogens (tertiary/aromatic N) is 3. The Morgan fingerprint density at radius 2 is 1.44 bits per heavy atom. The van der Waals surface area contributed by atoms with Crippen LogP contribution in [0, 0.1) is 62.7 Å². The molecule has 7 rings (SSSR count). The van der Waals surface area contributed by atoms with Crippen LogP contribution in [0.15, 0.2) is 24.3 Å². The van der Waals surface area contributed by atoms with E-state index in [-0.39, 0.29) is 23.2 Å². The quantitative estimate of drug-likeness (QED) is 0.337. The predicted octanol–water partition coefficient (Wildman–Crippen LogP) is 6.56. The molecule has 4 atom stereocenters. The van der Waals surface area contributed by atoms with E-state index in [0.29, 0.717) is 0 Å². The van der Waals surface area contributed by atoms with Gasteiger partial charge in [-0.1, -0.05) is 13.8 Å². The molecule has 0 unspecified atom stereocenters. The molecule has 10 bridgehead atoms. The van der Waals surface area contributed by atoms with Gasteiger partial charge in [0, 0.05) is 57.1 Å². The van der Waals surface area contributed by atoms with Crippen molar-refractivity contribution < 1.29 is 9.53 Å². The van der Waals surface area contributed by atoms with Gasteiger partial charge < -0.3 is 14.7 Å². The fraction of sp³-hybridized carbons (Fsp3) is 0.412. The first kappa shape index (κ1) is 25.8. The first-order chi connectivity index (χ1) is 19.5. The highest BCUT2D eigenvalue weighted by Gasteiger charge is 2.58. The number of aromatic amines is 2. The monoisotopic (exact) mass is 545 g/mol. The van der Waals surface area contributed by atoms with Crippen LogP contribution in [0.1, 0.15) is 65.3 Å².